The molecule has 0 fully saturated rings. The van der Waals surface area contributed by atoms with Crippen LogP contribution in [0.4, 0.5) is 5.82 Å². The molecule has 0 bridgehead atoms. The fourth-order valence-electron chi connectivity index (χ4n) is 1.46. The van der Waals surface area contributed by atoms with Gasteiger partial charge in [0, 0.05) is 32.4 Å². The van der Waals surface area contributed by atoms with Crippen LogP contribution in [-0.4, -0.2) is 19.1 Å². The van der Waals surface area contributed by atoms with E-state index in [2.05, 4.69) is 11.9 Å². The number of aromatic nitrogens is 1. The van der Waals surface area contributed by atoms with Gasteiger partial charge in [-0.25, -0.2) is 4.98 Å². The highest BCUT2D eigenvalue weighted by Crippen LogP contribution is 2.19. The third-order valence-electron chi connectivity index (χ3n) is 2.14. The van der Waals surface area contributed by atoms with Crippen LogP contribution in [0.1, 0.15) is 18.1 Å². The first-order valence-electron chi connectivity index (χ1n) is 4.54. The Kier molecular flexibility index (Phi) is 3.25. The number of nitrogens with two attached hydrogens (primary N) is 1. The van der Waals surface area contributed by atoms with Gasteiger partial charge in [0.15, 0.2) is 0 Å². The third-order valence-corrected chi connectivity index (χ3v) is 2.14. The maximum atomic E-state index is 5.70. The Morgan fingerprint density at radius 2 is 2.15 bits per heavy atom. The summed E-state index contributed by atoms with van der Waals surface area (Å²) in [5.74, 6) is 0.988. The van der Waals surface area contributed by atoms with Crippen molar-refractivity contribution in [1.29, 1.82) is 0 Å². The number of hydrogen-bond acceptors (Lipinski definition) is 3. The van der Waals surface area contributed by atoms with E-state index < -0.39 is 0 Å². The van der Waals surface area contributed by atoms with Crippen LogP contribution in [-0.2, 0) is 13.0 Å². The van der Waals surface area contributed by atoms with Crippen molar-refractivity contribution in [3.63, 3.8) is 0 Å². The number of nitrogens with zero attached hydrogens (tertiary/aromatic N) is 2. The van der Waals surface area contributed by atoms with Gasteiger partial charge < -0.3 is 10.6 Å². The lowest BCUT2D eigenvalue weighted by molar-refractivity contribution is 0.945. The van der Waals surface area contributed by atoms with Crippen LogP contribution in [0, 0.1) is 0 Å². The normalized spacial score (nSPS) is 10.2. The first-order chi connectivity index (χ1) is 6.20. The van der Waals surface area contributed by atoms with E-state index >= 15 is 0 Å². The van der Waals surface area contributed by atoms with E-state index in [1.807, 2.05) is 31.3 Å². The minimum atomic E-state index is 0.560. The SMILES string of the molecule is CCc1ccnc(N(C)C)c1CN. The molecule has 13 heavy (non-hydrogen) atoms. The summed E-state index contributed by atoms with van der Waals surface area (Å²) in [7, 11) is 3.97. The first kappa shape index (κ1) is 9.99. The molecule has 0 aromatic carbocycles. The molecule has 0 unspecified atom stereocenters. The Balaban J connectivity index is 3.19. The Morgan fingerprint density at radius 1 is 1.46 bits per heavy atom. The van der Waals surface area contributed by atoms with Gasteiger partial charge in [0.25, 0.3) is 0 Å². The zero-order chi connectivity index (χ0) is 9.84. The molecule has 0 saturated heterocycles. The minimum Gasteiger partial charge on any atom is -0.362 e. The molecule has 0 spiro atoms. The molecule has 1 aromatic rings. The largest absolute Gasteiger partial charge is 0.362 e. The number of anilines is 1. The molecule has 1 heterocycles. The summed E-state index contributed by atoms with van der Waals surface area (Å²) in [6, 6.07) is 2.04. The highest BCUT2D eigenvalue weighted by Gasteiger charge is 2.07. The molecule has 72 valence electrons. The molecule has 1 rings (SSSR count). The van der Waals surface area contributed by atoms with E-state index in [4.69, 9.17) is 5.73 Å². The van der Waals surface area contributed by atoms with Crippen molar-refractivity contribution in [1.82, 2.24) is 4.98 Å². The summed E-state index contributed by atoms with van der Waals surface area (Å²) in [5.41, 5.74) is 8.15. The maximum absolute atomic E-state index is 5.70. The van der Waals surface area contributed by atoms with E-state index in [0.29, 0.717) is 6.54 Å². The zero-order valence-corrected chi connectivity index (χ0v) is 8.54. The highest BCUT2D eigenvalue weighted by molar-refractivity contribution is 5.49. The molecule has 0 amide bonds. The molecule has 2 N–H and O–H groups in total. The number of aryl methyl sites for hydroxylation is 1. The molecule has 0 radical (unpaired) electrons. The van der Waals surface area contributed by atoms with Crippen molar-refractivity contribution in [2.75, 3.05) is 19.0 Å². The molecule has 0 aliphatic heterocycles. The third kappa shape index (κ3) is 1.98. The molecular weight excluding hydrogens is 162 g/mol. The molecule has 0 aliphatic rings. The van der Waals surface area contributed by atoms with E-state index in [1.165, 1.54) is 5.56 Å². The van der Waals surface area contributed by atoms with Gasteiger partial charge >= 0.3 is 0 Å². The predicted molar refractivity (Wildman–Crippen MR) is 55.8 cm³/mol. The Morgan fingerprint density at radius 3 is 2.62 bits per heavy atom. The Labute approximate surface area is 79.6 Å². The number of pyridine rings is 1. The second-order valence-corrected chi connectivity index (χ2v) is 3.22. The molecule has 3 nitrogen and oxygen atoms in total. The van der Waals surface area contributed by atoms with Crippen molar-refractivity contribution in [3.05, 3.63) is 23.4 Å². The number of rotatable bonds is 3. The molecule has 0 saturated carbocycles. The first-order valence-corrected chi connectivity index (χ1v) is 4.54. The van der Waals surface area contributed by atoms with Gasteiger partial charge in [-0.1, -0.05) is 6.92 Å². The highest BCUT2D eigenvalue weighted by atomic mass is 15.1. The number of hydrogen-bond donors (Lipinski definition) is 1. The lowest BCUT2D eigenvalue weighted by Crippen LogP contribution is -2.16. The topological polar surface area (TPSA) is 42.2 Å². The van der Waals surface area contributed by atoms with Gasteiger partial charge in [-0.15, -0.1) is 0 Å². The van der Waals surface area contributed by atoms with E-state index in [0.717, 1.165) is 17.8 Å². The quantitative estimate of drug-likeness (QED) is 0.757. The minimum absolute atomic E-state index is 0.560. The smallest absolute Gasteiger partial charge is 0.132 e. The standard InChI is InChI=1S/C10H17N3/c1-4-8-5-6-12-10(13(2)3)9(8)7-11/h5-6H,4,7,11H2,1-3H3. The Bertz CT molecular complexity index is 281. The van der Waals surface area contributed by atoms with Gasteiger partial charge in [-0.2, -0.15) is 0 Å². The van der Waals surface area contributed by atoms with Crippen molar-refractivity contribution >= 4 is 5.82 Å². The van der Waals surface area contributed by atoms with E-state index in [9.17, 15) is 0 Å². The van der Waals surface area contributed by atoms with Crippen LogP contribution in [0.2, 0.25) is 0 Å². The lowest BCUT2D eigenvalue weighted by atomic mass is 10.1. The fourth-order valence-corrected chi connectivity index (χ4v) is 1.46. The van der Waals surface area contributed by atoms with Crippen molar-refractivity contribution in [2.45, 2.75) is 19.9 Å². The monoisotopic (exact) mass is 179 g/mol. The summed E-state index contributed by atoms with van der Waals surface area (Å²) in [4.78, 5) is 6.30. The van der Waals surface area contributed by atoms with Crippen LogP contribution in [0.15, 0.2) is 12.3 Å². The average Bonchev–Trinajstić information content (AvgIpc) is 2.16. The second kappa shape index (κ2) is 4.23. The summed E-state index contributed by atoms with van der Waals surface area (Å²) in [6.07, 6.45) is 2.85. The van der Waals surface area contributed by atoms with Crippen molar-refractivity contribution in [2.24, 2.45) is 5.73 Å². The van der Waals surface area contributed by atoms with E-state index in [-0.39, 0.29) is 0 Å². The second-order valence-electron chi connectivity index (χ2n) is 3.22. The van der Waals surface area contributed by atoms with Crippen LogP contribution in [0.3, 0.4) is 0 Å². The van der Waals surface area contributed by atoms with Crippen molar-refractivity contribution < 1.29 is 0 Å². The zero-order valence-electron chi connectivity index (χ0n) is 8.54. The molecule has 0 atom stereocenters. The van der Waals surface area contributed by atoms with E-state index in [1.54, 1.807) is 0 Å². The fraction of sp³-hybridized carbons (Fsp3) is 0.500. The summed E-state index contributed by atoms with van der Waals surface area (Å²) in [5, 5.41) is 0. The summed E-state index contributed by atoms with van der Waals surface area (Å²) in [6.45, 7) is 2.69. The Hall–Kier alpha value is -1.09. The average molecular weight is 179 g/mol. The molecular formula is C10H17N3. The lowest BCUT2D eigenvalue weighted by Gasteiger charge is -2.17. The van der Waals surface area contributed by atoms with Gasteiger partial charge in [0.05, 0.1) is 0 Å². The van der Waals surface area contributed by atoms with Crippen LogP contribution >= 0.6 is 0 Å². The molecule has 1 aromatic heterocycles. The van der Waals surface area contributed by atoms with Crippen LogP contribution in [0.5, 0.6) is 0 Å². The van der Waals surface area contributed by atoms with Crippen molar-refractivity contribution in [3.8, 4) is 0 Å². The molecule has 0 aliphatic carbocycles. The van der Waals surface area contributed by atoms with Gasteiger partial charge in [0.1, 0.15) is 5.82 Å². The van der Waals surface area contributed by atoms with Crippen LogP contribution in [0.25, 0.3) is 0 Å². The van der Waals surface area contributed by atoms with Crippen LogP contribution < -0.4 is 10.6 Å². The van der Waals surface area contributed by atoms with Gasteiger partial charge in [0.2, 0.25) is 0 Å². The maximum Gasteiger partial charge on any atom is 0.132 e. The molecule has 3 heteroatoms. The van der Waals surface area contributed by atoms with Gasteiger partial charge in [-0.3, -0.25) is 0 Å². The van der Waals surface area contributed by atoms with Gasteiger partial charge in [-0.05, 0) is 18.1 Å². The summed E-state index contributed by atoms with van der Waals surface area (Å²) < 4.78 is 0. The predicted octanol–water partition coefficient (Wildman–Crippen LogP) is 1.17. The summed E-state index contributed by atoms with van der Waals surface area (Å²) >= 11 is 0.